The smallest absolute Gasteiger partial charge is 0.463 e. The molecule has 10 aromatic rings. The lowest BCUT2D eigenvalue weighted by molar-refractivity contribution is -0.358. The van der Waals surface area contributed by atoms with Crippen molar-refractivity contribution in [2.45, 2.75) is 144 Å². The average Bonchev–Trinajstić information content (AvgIpc) is 0.759. The Morgan fingerprint density at radius 3 is 0.754 bits per heavy atom. The summed E-state index contributed by atoms with van der Waals surface area (Å²) in [5, 5.41) is 12.3. The van der Waals surface area contributed by atoms with E-state index >= 15 is 23.7 Å². The van der Waals surface area contributed by atoms with Crippen LogP contribution in [0, 0.1) is 0 Å². The molecule has 14 rings (SSSR count). The van der Waals surface area contributed by atoms with Crippen LogP contribution in [-0.4, -0.2) is 237 Å². The maximum absolute atomic E-state index is 16.1. The molecule has 4 aliphatic rings. The van der Waals surface area contributed by atoms with Crippen molar-refractivity contribution in [3.05, 3.63) is 359 Å². The first-order valence-electron chi connectivity index (χ1n) is 43.0. The van der Waals surface area contributed by atoms with Gasteiger partial charge in [-0.2, -0.15) is 0 Å². The van der Waals surface area contributed by atoms with Crippen LogP contribution in [0.5, 0.6) is 0 Å². The molecule has 2 N–H and O–H groups in total. The molecule has 4 aliphatic heterocycles. The van der Waals surface area contributed by atoms with Gasteiger partial charge in [0.15, 0.2) is 92.3 Å². The van der Waals surface area contributed by atoms with Crippen LogP contribution in [0.4, 0.5) is 0 Å². The Kier molecular flexibility index (Phi) is 33.8. The number of phosphoric acid groups is 1. The van der Waals surface area contributed by atoms with Gasteiger partial charge in [-0.25, -0.2) is 52.5 Å². The first kappa shape index (κ1) is 99.1. The molecule has 0 bridgehead atoms. The molecular weight excluding hydrogens is 1820 g/mol. The van der Waals surface area contributed by atoms with Crippen molar-refractivity contribution in [2.24, 2.45) is 0 Å². The number of hydrogen-bond acceptors (Lipinski definition) is 36. The number of carbonyl (C=O) groups is 13. The van der Waals surface area contributed by atoms with E-state index < -0.39 is 235 Å². The summed E-state index contributed by atoms with van der Waals surface area (Å²) in [5.41, 5.74) is -1.53. The fraction of sp³-hybridized carbons (Fsp3) is 0.270. The van der Waals surface area contributed by atoms with E-state index in [-0.39, 0.29) is 55.6 Å². The summed E-state index contributed by atoms with van der Waals surface area (Å²) in [4.78, 5) is 201. The second kappa shape index (κ2) is 47.1. The minimum absolute atomic E-state index is 0.0301. The Morgan fingerprint density at radius 1 is 0.239 bits per heavy atom. The van der Waals surface area contributed by atoms with Crippen molar-refractivity contribution in [2.75, 3.05) is 26.4 Å². The zero-order valence-electron chi connectivity index (χ0n) is 73.4. The molecule has 0 saturated carbocycles. The van der Waals surface area contributed by atoms with Crippen LogP contribution in [-0.2, 0) is 118 Å². The number of aliphatic hydroxyl groups is 1. The first-order chi connectivity index (χ1) is 66.7. The molecule has 0 aliphatic carbocycles. The molecule has 10 aromatic carbocycles. The van der Waals surface area contributed by atoms with E-state index in [1.807, 2.05) is 0 Å². The Balaban J connectivity index is 0.911. The van der Waals surface area contributed by atoms with Crippen LogP contribution in [0.2, 0.25) is 0 Å². The number of carbonyl (C=O) groups excluding carboxylic acids is 13. The molecule has 716 valence electrons. The largest absolute Gasteiger partial charge is 0.474 e. The van der Waals surface area contributed by atoms with Gasteiger partial charge < -0.3 is 100 Å². The second-order valence-electron chi connectivity index (χ2n) is 31.0. The zero-order valence-corrected chi connectivity index (χ0v) is 74.3. The molecule has 37 nitrogen and oxygen atoms in total. The summed E-state index contributed by atoms with van der Waals surface area (Å²) in [6, 6.07) is 71.6. The maximum atomic E-state index is 16.1. The molecular formula is C100H89O37P. The second-order valence-corrected chi connectivity index (χ2v) is 32.4. The molecule has 0 radical (unpaired) electrons. The fourth-order valence-electron chi connectivity index (χ4n) is 15.0. The first-order valence-corrected chi connectivity index (χ1v) is 44.5. The lowest BCUT2D eigenvalue weighted by atomic mass is 9.95. The summed E-state index contributed by atoms with van der Waals surface area (Å²) in [7, 11) is -6.39. The number of benzene rings is 10. The van der Waals surface area contributed by atoms with Gasteiger partial charge in [-0.15, -0.1) is 0 Å². The third-order valence-electron chi connectivity index (χ3n) is 21.5. The Bertz CT molecular complexity index is 5900. The molecule has 4 heterocycles. The van der Waals surface area contributed by atoms with Crippen LogP contribution in [0.15, 0.2) is 303 Å². The summed E-state index contributed by atoms with van der Waals surface area (Å²) < 4.78 is 147. The fourth-order valence-corrected chi connectivity index (χ4v) is 15.8. The average molecular weight is 1910 g/mol. The van der Waals surface area contributed by atoms with E-state index in [0.717, 1.165) is 20.8 Å². The summed E-state index contributed by atoms with van der Waals surface area (Å²) in [6.45, 7) is -1.87. The van der Waals surface area contributed by atoms with Crippen molar-refractivity contribution >= 4 is 85.4 Å². The van der Waals surface area contributed by atoms with Crippen LogP contribution in [0.3, 0.4) is 0 Å². The van der Waals surface area contributed by atoms with Crippen LogP contribution in [0.25, 0.3) is 0 Å². The van der Waals surface area contributed by atoms with Gasteiger partial charge in [0.05, 0.1) is 62.2 Å². The monoisotopic (exact) mass is 1910 g/mol. The molecule has 21 atom stereocenters. The van der Waals surface area contributed by atoms with Crippen molar-refractivity contribution in [1.29, 1.82) is 0 Å². The molecule has 4 fully saturated rings. The molecule has 38 heteroatoms. The van der Waals surface area contributed by atoms with Gasteiger partial charge in [0.25, 0.3) is 0 Å². The Labute approximate surface area is 786 Å². The summed E-state index contributed by atoms with van der Waals surface area (Å²) >= 11 is 0. The van der Waals surface area contributed by atoms with Gasteiger partial charge in [-0.05, 0) is 121 Å². The van der Waals surface area contributed by atoms with Gasteiger partial charge >= 0.3 is 85.4 Å². The summed E-state index contributed by atoms with van der Waals surface area (Å²) in [6.07, 6.45) is -46.0. The molecule has 0 amide bonds. The van der Waals surface area contributed by atoms with E-state index in [0.29, 0.717) is 0 Å². The van der Waals surface area contributed by atoms with Gasteiger partial charge in [0, 0.05) is 20.8 Å². The third kappa shape index (κ3) is 26.0. The number of esters is 13. The van der Waals surface area contributed by atoms with E-state index in [2.05, 4.69) is 0 Å². The zero-order chi connectivity index (χ0) is 97.4. The van der Waals surface area contributed by atoms with E-state index in [9.17, 15) is 53.2 Å². The van der Waals surface area contributed by atoms with Gasteiger partial charge in [-0.3, -0.25) is 23.4 Å². The molecule has 138 heavy (non-hydrogen) atoms. The SMILES string of the molecule is CC(=O)OC[C@H]1O[C@H](OP(=O)(O)OC[C@H]2O[C@@H](O[C@H]3[C@H](OC(=O)c4ccccc4)[C@H](OC(=O)c4ccccc4)[C@@H](O)O[C@@H]3COC(=O)c3ccccc3)[C@H](OC(=O)c3ccccc3)[C@@H](OC(=O)c3ccccc3)[C@H]2OC(=O)c2ccccc2)[C@@H](O[C@H]2O[C@H](COC(=O)c3ccccc3)[C@@H](OC(=O)c3ccccc3)[C@H](OC(=O)c3ccccc3)[C@@H]2OC(=O)c2ccccc2)[C@@H](OC(C)=O)[C@@H]1OC(C)=O. The van der Waals surface area contributed by atoms with Crippen molar-refractivity contribution < 1.29 is 176 Å². The minimum Gasteiger partial charge on any atom is -0.463 e. The summed E-state index contributed by atoms with van der Waals surface area (Å²) in [5.74, 6) is -15.3. The molecule has 4 saturated heterocycles. The Morgan fingerprint density at radius 2 is 0.457 bits per heavy atom. The standard InChI is InChI=1S/C100H89O37P/c1-58(101)117-54-72-75(121-59(2)102)80(122-60(3)103)86(136-99-85(134-96(113)70-52-32-13-33-53-70)81(130-92(109)66-44-24-9-25-45-66)76(127-89(106)63-38-18-6-19-39-63)73(124-99)56-119-88(105)62-36-16-5-17-37-62)100(126-72)137-138(115,116)120-57-74-77(128-90(107)64-40-20-7-21-41-64)82(131-93(110)67-46-26-10-27-47-67)84(133-95(112)69-50-30-12-31-51-69)98(125-74)135-78-71(55-118-87(104)61-34-14-4-15-35-61)123-97(114)83(132-94(111)68-48-28-11-29-49-68)79(78)129-91(108)65-42-22-8-23-43-65/h4-53,71-86,97-100,114H,54-57H2,1-3H3,(H,115,116)/t71-,72-,73-,74-,75-,76-,77+,78-,79+,80+,81+,82+,83+,84-,85+,86+,97+,98+,99-,100-/m1/s1. The normalized spacial score (nSPS) is 24.7. The topological polar surface area (TPSA) is 473 Å². The lowest BCUT2D eigenvalue weighted by Gasteiger charge is -2.49. The van der Waals surface area contributed by atoms with E-state index in [1.165, 1.54) is 255 Å². The predicted molar refractivity (Wildman–Crippen MR) is 470 cm³/mol. The van der Waals surface area contributed by atoms with Crippen molar-refractivity contribution in [1.82, 2.24) is 0 Å². The quantitative estimate of drug-likeness (QED) is 0.0212. The van der Waals surface area contributed by atoms with Crippen molar-refractivity contribution in [3.63, 3.8) is 0 Å². The van der Waals surface area contributed by atoms with Gasteiger partial charge in [0.1, 0.15) is 50.3 Å². The number of phosphoric ester groups is 1. The van der Waals surface area contributed by atoms with Gasteiger partial charge in [0.2, 0.25) is 0 Å². The highest BCUT2D eigenvalue weighted by atomic mass is 31.2. The molecule has 0 spiro atoms. The Hall–Kier alpha value is -14.9. The highest BCUT2D eigenvalue weighted by Crippen LogP contribution is 2.50. The van der Waals surface area contributed by atoms with Crippen molar-refractivity contribution in [3.8, 4) is 0 Å². The predicted octanol–water partition coefficient (Wildman–Crippen LogP) is 10.7. The minimum atomic E-state index is -6.39. The highest BCUT2D eigenvalue weighted by molar-refractivity contribution is 7.47. The van der Waals surface area contributed by atoms with Gasteiger partial charge in [-0.1, -0.05) is 182 Å². The number of rotatable bonds is 35. The molecule has 1 unspecified atom stereocenters. The third-order valence-corrected chi connectivity index (χ3v) is 22.4. The highest BCUT2D eigenvalue weighted by Gasteiger charge is 2.62. The van der Waals surface area contributed by atoms with E-state index in [1.54, 1.807) is 48.5 Å². The van der Waals surface area contributed by atoms with Crippen LogP contribution < -0.4 is 0 Å². The number of hydrogen-bond donors (Lipinski definition) is 2. The maximum Gasteiger partial charge on any atom is 0.474 e. The molecule has 0 aromatic heterocycles. The number of ether oxygens (including phenoxy) is 19. The van der Waals surface area contributed by atoms with Crippen LogP contribution >= 0.6 is 7.82 Å². The van der Waals surface area contributed by atoms with E-state index in [4.69, 9.17) is 99.0 Å². The number of aliphatic hydroxyl groups excluding tert-OH is 1. The lowest BCUT2D eigenvalue weighted by Crippen LogP contribution is -2.67. The van der Waals surface area contributed by atoms with Crippen LogP contribution in [0.1, 0.15) is 124 Å².